The monoisotopic (exact) mass is 247 g/mol. The third kappa shape index (κ3) is 2.17. The fraction of sp³-hybridized carbons (Fsp3) is 0.250. The van der Waals surface area contributed by atoms with Gasteiger partial charge in [-0.3, -0.25) is 0 Å². The molecular weight excluding hydrogens is 234 g/mol. The Labute approximate surface area is 104 Å². The minimum absolute atomic E-state index is 0.192. The van der Waals surface area contributed by atoms with Gasteiger partial charge in [-0.1, -0.05) is 6.92 Å². The average molecular weight is 247 g/mol. The summed E-state index contributed by atoms with van der Waals surface area (Å²) in [7, 11) is 1.59. The molecule has 1 aromatic heterocycles. The van der Waals surface area contributed by atoms with E-state index in [1.165, 1.54) is 4.68 Å². The first-order chi connectivity index (χ1) is 8.65. The fourth-order valence-electron chi connectivity index (χ4n) is 1.59. The zero-order valence-electron chi connectivity index (χ0n) is 10.1. The van der Waals surface area contributed by atoms with Gasteiger partial charge in [-0.15, -0.1) is 5.10 Å². The first kappa shape index (κ1) is 12.1. The second-order valence-corrected chi connectivity index (χ2v) is 3.62. The van der Waals surface area contributed by atoms with Crippen LogP contribution in [0.2, 0.25) is 0 Å². The largest absolute Gasteiger partial charge is 0.497 e. The Hall–Kier alpha value is -2.37. The van der Waals surface area contributed by atoms with E-state index >= 15 is 0 Å². The Kier molecular flexibility index (Phi) is 3.27. The number of methoxy groups -OCH3 is 1. The van der Waals surface area contributed by atoms with Gasteiger partial charge in [0.2, 0.25) is 0 Å². The zero-order valence-corrected chi connectivity index (χ0v) is 10.1. The molecule has 1 heterocycles. The van der Waals surface area contributed by atoms with Crippen molar-refractivity contribution in [3.63, 3.8) is 0 Å². The SMILES string of the molecule is CCc1nc(C(=O)O)nn1-c1ccc(OC)cc1. The molecular formula is C12H13N3O3. The number of ether oxygens (including phenoxy) is 1. The van der Waals surface area contributed by atoms with Gasteiger partial charge in [-0.05, 0) is 24.3 Å². The summed E-state index contributed by atoms with van der Waals surface area (Å²) in [5, 5.41) is 12.9. The van der Waals surface area contributed by atoms with Gasteiger partial charge in [0.15, 0.2) is 0 Å². The van der Waals surface area contributed by atoms with Crippen molar-refractivity contribution in [2.24, 2.45) is 0 Å². The topological polar surface area (TPSA) is 77.2 Å². The van der Waals surface area contributed by atoms with E-state index in [-0.39, 0.29) is 5.82 Å². The van der Waals surface area contributed by atoms with E-state index in [0.717, 1.165) is 11.4 Å². The van der Waals surface area contributed by atoms with Crippen molar-refractivity contribution in [1.29, 1.82) is 0 Å². The van der Waals surface area contributed by atoms with Crippen LogP contribution in [-0.2, 0) is 6.42 Å². The molecule has 18 heavy (non-hydrogen) atoms. The first-order valence-electron chi connectivity index (χ1n) is 5.49. The Morgan fingerprint density at radius 3 is 2.56 bits per heavy atom. The number of aryl methyl sites for hydroxylation is 1. The standard InChI is InChI=1S/C12H13N3O3/c1-3-10-13-11(12(16)17)14-15(10)8-4-6-9(18-2)7-5-8/h4-7H,3H2,1-2H3,(H,16,17). The van der Waals surface area contributed by atoms with Gasteiger partial charge < -0.3 is 9.84 Å². The van der Waals surface area contributed by atoms with Gasteiger partial charge in [0, 0.05) is 6.42 Å². The summed E-state index contributed by atoms with van der Waals surface area (Å²) in [6, 6.07) is 7.18. The van der Waals surface area contributed by atoms with Gasteiger partial charge in [0.1, 0.15) is 11.6 Å². The van der Waals surface area contributed by atoms with Crippen LogP contribution in [0.3, 0.4) is 0 Å². The maximum atomic E-state index is 10.9. The molecule has 0 unspecified atom stereocenters. The molecule has 0 saturated carbocycles. The number of carboxylic acid groups (broad SMARTS) is 1. The molecule has 2 aromatic rings. The summed E-state index contributed by atoms with van der Waals surface area (Å²) in [4.78, 5) is 14.8. The highest BCUT2D eigenvalue weighted by Gasteiger charge is 2.15. The van der Waals surface area contributed by atoms with Crippen molar-refractivity contribution in [2.75, 3.05) is 7.11 Å². The highest BCUT2D eigenvalue weighted by molar-refractivity contribution is 5.83. The van der Waals surface area contributed by atoms with Crippen molar-refractivity contribution in [1.82, 2.24) is 14.8 Å². The van der Waals surface area contributed by atoms with Crippen molar-refractivity contribution in [3.8, 4) is 11.4 Å². The number of nitrogens with zero attached hydrogens (tertiary/aromatic N) is 3. The van der Waals surface area contributed by atoms with Gasteiger partial charge in [-0.25, -0.2) is 14.5 Å². The molecule has 0 spiro atoms. The van der Waals surface area contributed by atoms with Crippen molar-refractivity contribution >= 4 is 5.97 Å². The van der Waals surface area contributed by atoms with Gasteiger partial charge in [0.05, 0.1) is 12.8 Å². The second kappa shape index (κ2) is 4.87. The summed E-state index contributed by atoms with van der Waals surface area (Å²) in [6.07, 6.45) is 0.603. The Balaban J connectivity index is 2.44. The molecule has 0 aliphatic heterocycles. The molecule has 0 aliphatic carbocycles. The summed E-state index contributed by atoms with van der Waals surface area (Å²) in [5.41, 5.74) is 0.757. The fourth-order valence-corrected chi connectivity index (χ4v) is 1.59. The molecule has 2 rings (SSSR count). The van der Waals surface area contributed by atoms with Crippen molar-refractivity contribution < 1.29 is 14.6 Å². The number of aromatic nitrogens is 3. The number of hydrogen-bond donors (Lipinski definition) is 1. The molecule has 0 atom stereocenters. The van der Waals surface area contributed by atoms with Gasteiger partial charge in [-0.2, -0.15) is 0 Å². The lowest BCUT2D eigenvalue weighted by molar-refractivity contribution is 0.0683. The van der Waals surface area contributed by atoms with Crippen LogP contribution in [0.25, 0.3) is 5.69 Å². The highest BCUT2D eigenvalue weighted by atomic mass is 16.5. The Bertz CT molecular complexity index is 560. The molecule has 1 N–H and O–H groups in total. The first-order valence-corrected chi connectivity index (χ1v) is 5.49. The molecule has 0 aliphatic rings. The maximum Gasteiger partial charge on any atom is 0.375 e. The van der Waals surface area contributed by atoms with E-state index in [9.17, 15) is 4.79 Å². The quantitative estimate of drug-likeness (QED) is 0.886. The summed E-state index contributed by atoms with van der Waals surface area (Å²) in [6.45, 7) is 1.90. The molecule has 6 heteroatoms. The minimum Gasteiger partial charge on any atom is -0.497 e. The van der Waals surface area contributed by atoms with Gasteiger partial charge in [0.25, 0.3) is 5.82 Å². The van der Waals surface area contributed by atoms with Crippen LogP contribution in [0.15, 0.2) is 24.3 Å². The number of benzene rings is 1. The number of carboxylic acids is 1. The van der Waals surface area contributed by atoms with Crippen LogP contribution >= 0.6 is 0 Å². The second-order valence-electron chi connectivity index (χ2n) is 3.62. The molecule has 0 fully saturated rings. The van der Waals surface area contributed by atoms with Crippen LogP contribution in [-0.4, -0.2) is 33.0 Å². The van der Waals surface area contributed by atoms with Crippen LogP contribution in [0.1, 0.15) is 23.4 Å². The van der Waals surface area contributed by atoms with Gasteiger partial charge >= 0.3 is 5.97 Å². The van der Waals surface area contributed by atoms with E-state index < -0.39 is 5.97 Å². The van der Waals surface area contributed by atoms with Crippen LogP contribution < -0.4 is 4.74 Å². The lowest BCUT2D eigenvalue weighted by Gasteiger charge is -2.05. The normalized spacial score (nSPS) is 10.3. The third-order valence-electron chi connectivity index (χ3n) is 2.50. The van der Waals surface area contributed by atoms with E-state index in [0.29, 0.717) is 12.2 Å². The molecule has 0 radical (unpaired) electrons. The third-order valence-corrected chi connectivity index (χ3v) is 2.50. The maximum absolute atomic E-state index is 10.9. The Morgan fingerprint density at radius 2 is 2.06 bits per heavy atom. The lowest BCUT2D eigenvalue weighted by Crippen LogP contribution is -2.03. The average Bonchev–Trinajstić information content (AvgIpc) is 2.83. The van der Waals surface area contributed by atoms with Crippen LogP contribution in [0.5, 0.6) is 5.75 Å². The molecule has 94 valence electrons. The van der Waals surface area contributed by atoms with Crippen molar-refractivity contribution in [3.05, 3.63) is 35.9 Å². The predicted molar refractivity (Wildman–Crippen MR) is 64.2 cm³/mol. The Morgan fingerprint density at radius 1 is 1.39 bits per heavy atom. The molecule has 0 saturated heterocycles. The number of rotatable bonds is 4. The molecule has 0 bridgehead atoms. The summed E-state index contributed by atoms with van der Waals surface area (Å²) < 4.78 is 6.60. The van der Waals surface area contributed by atoms with E-state index in [4.69, 9.17) is 9.84 Å². The smallest absolute Gasteiger partial charge is 0.375 e. The molecule has 0 amide bonds. The molecule has 1 aromatic carbocycles. The highest BCUT2D eigenvalue weighted by Crippen LogP contribution is 2.16. The number of aromatic carboxylic acids is 1. The number of carbonyl (C=O) groups is 1. The predicted octanol–water partition coefficient (Wildman–Crippen LogP) is 1.54. The van der Waals surface area contributed by atoms with E-state index in [1.807, 2.05) is 6.92 Å². The summed E-state index contributed by atoms with van der Waals surface area (Å²) in [5.74, 6) is 0.0209. The minimum atomic E-state index is -1.13. The number of hydrogen-bond acceptors (Lipinski definition) is 4. The van der Waals surface area contributed by atoms with Crippen LogP contribution in [0.4, 0.5) is 0 Å². The summed E-state index contributed by atoms with van der Waals surface area (Å²) >= 11 is 0. The molecule has 6 nitrogen and oxygen atoms in total. The van der Waals surface area contributed by atoms with Crippen LogP contribution in [0, 0.1) is 0 Å². The van der Waals surface area contributed by atoms with E-state index in [1.54, 1.807) is 31.4 Å². The lowest BCUT2D eigenvalue weighted by atomic mass is 10.3. The zero-order chi connectivity index (χ0) is 13.1. The van der Waals surface area contributed by atoms with Crippen molar-refractivity contribution in [2.45, 2.75) is 13.3 Å². The van der Waals surface area contributed by atoms with E-state index in [2.05, 4.69) is 10.1 Å².